The normalized spacial score (nSPS) is 13.5. The Labute approximate surface area is 117 Å². The summed E-state index contributed by atoms with van der Waals surface area (Å²) >= 11 is 0. The van der Waals surface area contributed by atoms with Crippen LogP contribution in [0.2, 0.25) is 0 Å². The summed E-state index contributed by atoms with van der Waals surface area (Å²) in [5.41, 5.74) is 2.63. The van der Waals surface area contributed by atoms with Crippen molar-refractivity contribution >= 4 is 17.4 Å². The van der Waals surface area contributed by atoms with Crippen LogP contribution in [-0.4, -0.2) is 23.3 Å². The molecule has 0 bridgehead atoms. The first kappa shape index (κ1) is 12.4. The average Bonchev–Trinajstić information content (AvgIpc) is 2.74. The highest BCUT2D eigenvalue weighted by Gasteiger charge is 2.35. The molecule has 0 aliphatic carbocycles. The smallest absolute Gasteiger partial charge is 0.261 e. The number of amides is 2. The molecule has 0 N–H and O–H groups in total. The summed E-state index contributed by atoms with van der Waals surface area (Å²) in [6.07, 6.45) is 0. The number of nitrogens with zero attached hydrogens (tertiary/aromatic N) is 1. The molecular weight excluding hydrogens is 250 g/mol. The van der Waals surface area contributed by atoms with E-state index in [1.54, 1.807) is 24.3 Å². The molecule has 0 unspecified atom stereocenters. The molecule has 20 heavy (non-hydrogen) atoms. The molecular formula is C17H13NO2. The Morgan fingerprint density at radius 1 is 0.850 bits per heavy atom. The fraction of sp³-hybridized carbons (Fsp3) is 0.0588. The van der Waals surface area contributed by atoms with Gasteiger partial charge in [-0.2, -0.15) is 0 Å². The zero-order valence-corrected chi connectivity index (χ0v) is 10.9. The number of imide groups is 1. The van der Waals surface area contributed by atoms with Gasteiger partial charge < -0.3 is 0 Å². The van der Waals surface area contributed by atoms with Gasteiger partial charge in [-0.1, -0.05) is 49.0 Å². The third-order valence-electron chi connectivity index (χ3n) is 3.41. The van der Waals surface area contributed by atoms with Crippen LogP contribution in [0.5, 0.6) is 0 Å². The molecule has 0 fully saturated rings. The number of hydrogen-bond acceptors (Lipinski definition) is 2. The van der Waals surface area contributed by atoms with Crippen molar-refractivity contribution in [3.05, 3.63) is 77.9 Å². The maximum absolute atomic E-state index is 12.2. The van der Waals surface area contributed by atoms with Gasteiger partial charge in [-0.3, -0.25) is 14.5 Å². The minimum atomic E-state index is -0.248. The lowest BCUT2D eigenvalue weighted by molar-refractivity contribution is 0.0675. The molecule has 2 amide bonds. The molecule has 1 aliphatic rings. The molecule has 0 spiro atoms. The van der Waals surface area contributed by atoms with Gasteiger partial charge in [-0.05, 0) is 23.3 Å². The van der Waals surface area contributed by atoms with Gasteiger partial charge >= 0.3 is 0 Å². The number of hydrogen-bond donors (Lipinski definition) is 0. The lowest BCUT2D eigenvalue weighted by atomic mass is 10.1. The molecule has 3 nitrogen and oxygen atoms in total. The zero-order chi connectivity index (χ0) is 14.1. The van der Waals surface area contributed by atoms with Crippen LogP contribution in [0.4, 0.5) is 0 Å². The largest absolute Gasteiger partial charge is 0.270 e. The molecule has 1 aliphatic heterocycles. The van der Waals surface area contributed by atoms with E-state index in [0.29, 0.717) is 11.1 Å². The number of carbonyl (C=O) groups excluding carboxylic acids is 2. The SMILES string of the molecule is C=C(CN1C(=O)c2ccccc2C1=O)c1ccccc1. The molecule has 3 heteroatoms. The number of rotatable bonds is 3. The van der Waals surface area contributed by atoms with Crippen molar-refractivity contribution in [1.82, 2.24) is 4.90 Å². The van der Waals surface area contributed by atoms with E-state index in [-0.39, 0.29) is 18.4 Å². The van der Waals surface area contributed by atoms with Crippen LogP contribution in [0.25, 0.3) is 5.57 Å². The molecule has 2 aromatic carbocycles. The fourth-order valence-corrected chi connectivity index (χ4v) is 2.34. The van der Waals surface area contributed by atoms with E-state index in [1.807, 2.05) is 30.3 Å². The molecule has 0 aromatic heterocycles. The monoisotopic (exact) mass is 263 g/mol. The van der Waals surface area contributed by atoms with E-state index in [1.165, 1.54) is 4.90 Å². The third kappa shape index (κ3) is 1.93. The highest BCUT2D eigenvalue weighted by Crippen LogP contribution is 2.24. The summed E-state index contributed by atoms with van der Waals surface area (Å²) in [7, 11) is 0. The Morgan fingerprint density at radius 2 is 1.35 bits per heavy atom. The number of fused-ring (bicyclic) bond motifs is 1. The highest BCUT2D eigenvalue weighted by molar-refractivity contribution is 6.21. The number of benzene rings is 2. The van der Waals surface area contributed by atoms with Crippen LogP contribution in [0.15, 0.2) is 61.2 Å². The van der Waals surface area contributed by atoms with Crippen molar-refractivity contribution < 1.29 is 9.59 Å². The topological polar surface area (TPSA) is 37.4 Å². The first-order valence-electron chi connectivity index (χ1n) is 6.37. The van der Waals surface area contributed by atoms with Gasteiger partial charge in [0.05, 0.1) is 17.7 Å². The Morgan fingerprint density at radius 3 is 1.90 bits per heavy atom. The van der Waals surface area contributed by atoms with Crippen molar-refractivity contribution in [2.24, 2.45) is 0 Å². The van der Waals surface area contributed by atoms with Gasteiger partial charge in [-0.25, -0.2) is 0 Å². The van der Waals surface area contributed by atoms with Crippen LogP contribution in [-0.2, 0) is 0 Å². The van der Waals surface area contributed by atoms with Crippen molar-refractivity contribution in [3.8, 4) is 0 Å². The van der Waals surface area contributed by atoms with Gasteiger partial charge in [0, 0.05) is 0 Å². The standard InChI is InChI=1S/C17H13NO2/c1-12(13-7-3-2-4-8-13)11-18-16(19)14-9-5-6-10-15(14)17(18)20/h2-10H,1,11H2. The quantitative estimate of drug-likeness (QED) is 0.798. The molecule has 1 heterocycles. The van der Waals surface area contributed by atoms with Crippen LogP contribution in [0.3, 0.4) is 0 Å². The second-order valence-electron chi connectivity index (χ2n) is 4.71. The lowest BCUT2D eigenvalue weighted by Gasteiger charge is -2.15. The molecule has 0 atom stereocenters. The summed E-state index contributed by atoms with van der Waals surface area (Å²) in [6.45, 7) is 4.19. The Hall–Kier alpha value is -2.68. The van der Waals surface area contributed by atoms with Crippen molar-refractivity contribution in [3.63, 3.8) is 0 Å². The third-order valence-corrected chi connectivity index (χ3v) is 3.41. The first-order valence-corrected chi connectivity index (χ1v) is 6.37. The minimum Gasteiger partial charge on any atom is -0.270 e. The van der Waals surface area contributed by atoms with Gasteiger partial charge in [0.1, 0.15) is 0 Å². The van der Waals surface area contributed by atoms with Crippen molar-refractivity contribution in [2.45, 2.75) is 0 Å². The van der Waals surface area contributed by atoms with Crippen molar-refractivity contribution in [2.75, 3.05) is 6.54 Å². The van der Waals surface area contributed by atoms with Crippen molar-refractivity contribution in [1.29, 1.82) is 0 Å². The molecule has 3 rings (SSSR count). The fourth-order valence-electron chi connectivity index (χ4n) is 2.34. The number of carbonyl (C=O) groups is 2. The average molecular weight is 263 g/mol. The summed E-state index contributed by atoms with van der Waals surface area (Å²) in [5.74, 6) is -0.495. The summed E-state index contributed by atoms with van der Waals surface area (Å²) in [5, 5.41) is 0. The Bertz CT molecular complexity index is 669. The predicted molar refractivity (Wildman–Crippen MR) is 77.3 cm³/mol. The van der Waals surface area contributed by atoms with Crippen LogP contribution in [0.1, 0.15) is 26.3 Å². The van der Waals surface area contributed by atoms with E-state index in [4.69, 9.17) is 0 Å². The lowest BCUT2D eigenvalue weighted by Crippen LogP contribution is -2.31. The molecule has 0 saturated carbocycles. The summed E-state index contributed by atoms with van der Waals surface area (Å²) in [6, 6.07) is 16.5. The van der Waals surface area contributed by atoms with Crippen LogP contribution in [0, 0.1) is 0 Å². The van der Waals surface area contributed by atoms with E-state index >= 15 is 0 Å². The molecule has 2 aromatic rings. The van der Waals surface area contributed by atoms with Crippen LogP contribution >= 0.6 is 0 Å². The van der Waals surface area contributed by atoms with E-state index in [2.05, 4.69) is 6.58 Å². The Balaban J connectivity index is 1.86. The van der Waals surface area contributed by atoms with E-state index < -0.39 is 0 Å². The maximum atomic E-state index is 12.2. The first-order chi connectivity index (χ1) is 9.68. The minimum absolute atomic E-state index is 0.219. The van der Waals surface area contributed by atoms with Gasteiger partial charge in [0.15, 0.2) is 0 Å². The predicted octanol–water partition coefficient (Wildman–Crippen LogP) is 3.00. The Kier molecular flexibility index (Phi) is 2.95. The van der Waals surface area contributed by atoms with E-state index in [9.17, 15) is 9.59 Å². The maximum Gasteiger partial charge on any atom is 0.261 e. The summed E-state index contributed by atoms with van der Waals surface area (Å²) < 4.78 is 0. The summed E-state index contributed by atoms with van der Waals surface area (Å²) in [4.78, 5) is 25.7. The van der Waals surface area contributed by atoms with Gasteiger partial charge in [-0.15, -0.1) is 0 Å². The second-order valence-corrected chi connectivity index (χ2v) is 4.71. The van der Waals surface area contributed by atoms with Gasteiger partial charge in [0.25, 0.3) is 11.8 Å². The molecule has 0 saturated heterocycles. The van der Waals surface area contributed by atoms with E-state index in [0.717, 1.165) is 11.1 Å². The second kappa shape index (κ2) is 4.78. The molecule has 0 radical (unpaired) electrons. The molecule has 98 valence electrons. The van der Waals surface area contributed by atoms with Gasteiger partial charge in [0.2, 0.25) is 0 Å². The zero-order valence-electron chi connectivity index (χ0n) is 10.9. The highest BCUT2D eigenvalue weighted by atomic mass is 16.2. The van der Waals surface area contributed by atoms with Crippen LogP contribution < -0.4 is 0 Å².